The molecule has 10 heteroatoms. The van der Waals surface area contributed by atoms with E-state index in [1.807, 2.05) is 29.2 Å². The number of carbonyl (C=O) groups excluding carboxylic acids is 2. The molecule has 2 heterocycles. The molecule has 0 radical (unpaired) electrons. The fourth-order valence-electron chi connectivity index (χ4n) is 6.35. The highest BCUT2D eigenvalue weighted by Crippen LogP contribution is 2.37. The molecule has 1 aliphatic carbocycles. The summed E-state index contributed by atoms with van der Waals surface area (Å²) >= 11 is 6.10. The minimum absolute atomic E-state index is 0.0100. The third kappa shape index (κ3) is 6.42. The average molecular weight is 543 g/mol. The summed E-state index contributed by atoms with van der Waals surface area (Å²) in [4.78, 5) is 31.8. The standard InChI is InChI=1S/C27H38ClF3N4O2/c1-19(2)34-16-22(20-6-8-21(28)9-7-20)23(17-34)24(36)33-12-14-35(15-13-33)26(10-4-3-5-11-26)18-32-25(37)27(29,30)31/h6-9,19,22-23H,3-5,10-18H2,1-2H3,(H,32,37)/t22-,23+/m0/s1. The van der Waals surface area contributed by atoms with Crippen molar-refractivity contribution in [3.05, 3.63) is 34.9 Å². The molecule has 2 saturated heterocycles. The minimum atomic E-state index is -4.88. The number of alkyl halides is 3. The predicted molar refractivity (Wildman–Crippen MR) is 137 cm³/mol. The zero-order chi connectivity index (χ0) is 26.8. The molecular weight excluding hydrogens is 505 g/mol. The molecular formula is C27H38ClF3N4O2. The van der Waals surface area contributed by atoms with Gasteiger partial charge in [-0.3, -0.25) is 19.4 Å². The first-order valence-corrected chi connectivity index (χ1v) is 13.8. The van der Waals surface area contributed by atoms with Gasteiger partial charge in [-0.15, -0.1) is 0 Å². The Labute approximate surface area is 222 Å². The summed E-state index contributed by atoms with van der Waals surface area (Å²) in [6, 6.07) is 8.10. The van der Waals surface area contributed by atoms with Gasteiger partial charge in [0.05, 0.1) is 5.92 Å². The second-order valence-electron chi connectivity index (χ2n) is 11.1. The molecule has 2 amide bonds. The Kier molecular flexibility index (Phi) is 8.75. The number of benzene rings is 1. The van der Waals surface area contributed by atoms with Crippen LogP contribution >= 0.6 is 11.6 Å². The second kappa shape index (κ2) is 11.5. The van der Waals surface area contributed by atoms with Crippen molar-refractivity contribution in [1.29, 1.82) is 0 Å². The fraction of sp³-hybridized carbons (Fsp3) is 0.704. The number of amides is 2. The lowest BCUT2D eigenvalue weighted by molar-refractivity contribution is -0.174. The Morgan fingerprint density at radius 3 is 2.22 bits per heavy atom. The molecule has 1 aromatic rings. The maximum Gasteiger partial charge on any atom is 0.471 e. The molecule has 1 N–H and O–H groups in total. The van der Waals surface area contributed by atoms with Gasteiger partial charge in [-0.2, -0.15) is 13.2 Å². The van der Waals surface area contributed by atoms with E-state index in [1.165, 1.54) is 0 Å². The van der Waals surface area contributed by atoms with Crippen LogP contribution in [0, 0.1) is 5.92 Å². The highest BCUT2D eigenvalue weighted by molar-refractivity contribution is 6.30. The lowest BCUT2D eigenvalue weighted by atomic mass is 9.79. The van der Waals surface area contributed by atoms with E-state index in [2.05, 4.69) is 29.0 Å². The summed E-state index contributed by atoms with van der Waals surface area (Å²) < 4.78 is 38.5. The molecule has 0 bridgehead atoms. The van der Waals surface area contributed by atoms with Crippen LogP contribution in [-0.2, 0) is 9.59 Å². The lowest BCUT2D eigenvalue weighted by Gasteiger charge is -2.50. The normalized spacial score (nSPS) is 25.4. The molecule has 0 spiro atoms. The van der Waals surface area contributed by atoms with E-state index in [1.54, 1.807) is 0 Å². The number of rotatable bonds is 6. The Bertz CT molecular complexity index is 942. The molecule has 1 aromatic carbocycles. The number of carbonyl (C=O) groups is 2. The zero-order valence-corrected chi connectivity index (χ0v) is 22.5. The van der Waals surface area contributed by atoms with Gasteiger partial charge in [0.15, 0.2) is 0 Å². The van der Waals surface area contributed by atoms with Crippen LogP contribution in [0.15, 0.2) is 24.3 Å². The Hall–Kier alpha value is -1.84. The molecule has 2 aliphatic heterocycles. The summed E-state index contributed by atoms with van der Waals surface area (Å²) in [6.07, 6.45) is -0.471. The summed E-state index contributed by atoms with van der Waals surface area (Å²) in [5.41, 5.74) is 0.633. The maximum absolute atomic E-state index is 13.8. The van der Waals surface area contributed by atoms with E-state index in [4.69, 9.17) is 11.6 Å². The molecule has 0 aromatic heterocycles. The molecule has 3 aliphatic rings. The van der Waals surface area contributed by atoms with E-state index < -0.39 is 17.6 Å². The predicted octanol–water partition coefficient (Wildman–Crippen LogP) is 4.29. The van der Waals surface area contributed by atoms with E-state index in [0.29, 0.717) is 43.8 Å². The quantitative estimate of drug-likeness (QED) is 0.583. The van der Waals surface area contributed by atoms with Crippen LogP contribution in [-0.4, -0.2) is 90.1 Å². The fourth-order valence-corrected chi connectivity index (χ4v) is 6.48. The number of nitrogens with one attached hydrogen (secondary N) is 1. The van der Waals surface area contributed by atoms with Crippen LogP contribution in [0.1, 0.15) is 57.4 Å². The van der Waals surface area contributed by atoms with Crippen molar-refractivity contribution in [2.45, 2.75) is 69.6 Å². The molecule has 37 heavy (non-hydrogen) atoms. The van der Waals surface area contributed by atoms with E-state index in [-0.39, 0.29) is 24.3 Å². The van der Waals surface area contributed by atoms with Crippen LogP contribution < -0.4 is 5.32 Å². The maximum atomic E-state index is 13.8. The zero-order valence-electron chi connectivity index (χ0n) is 21.7. The van der Waals surface area contributed by atoms with Gasteiger partial charge in [-0.1, -0.05) is 43.0 Å². The average Bonchev–Trinajstić information content (AvgIpc) is 3.33. The van der Waals surface area contributed by atoms with Gasteiger partial charge in [0.25, 0.3) is 0 Å². The van der Waals surface area contributed by atoms with Crippen LogP contribution in [0.25, 0.3) is 0 Å². The minimum Gasteiger partial charge on any atom is -0.346 e. The van der Waals surface area contributed by atoms with Crippen molar-refractivity contribution >= 4 is 23.4 Å². The molecule has 3 fully saturated rings. The van der Waals surface area contributed by atoms with Crippen LogP contribution in [0.2, 0.25) is 5.02 Å². The van der Waals surface area contributed by atoms with Gasteiger partial charge in [-0.05, 0) is 44.4 Å². The Balaban J connectivity index is 1.43. The summed E-state index contributed by atoms with van der Waals surface area (Å²) in [7, 11) is 0. The summed E-state index contributed by atoms with van der Waals surface area (Å²) in [6.45, 7) is 8.08. The van der Waals surface area contributed by atoms with Gasteiger partial charge < -0.3 is 10.2 Å². The topological polar surface area (TPSA) is 55.9 Å². The molecule has 4 rings (SSSR count). The van der Waals surface area contributed by atoms with Crippen molar-refractivity contribution in [3.63, 3.8) is 0 Å². The SMILES string of the molecule is CC(C)N1C[C@@H](C(=O)N2CCN(C3(CNC(=O)C(F)(F)F)CCCCC3)CC2)[C@H](c2ccc(Cl)cc2)C1. The molecule has 0 unspecified atom stereocenters. The lowest BCUT2D eigenvalue weighted by Crippen LogP contribution is -2.63. The number of likely N-dealkylation sites (tertiary alicyclic amines) is 1. The Morgan fingerprint density at radius 2 is 1.65 bits per heavy atom. The largest absolute Gasteiger partial charge is 0.471 e. The van der Waals surface area contributed by atoms with Crippen molar-refractivity contribution in [2.75, 3.05) is 45.8 Å². The number of hydrogen-bond donors (Lipinski definition) is 1. The van der Waals surface area contributed by atoms with Crippen LogP contribution in [0.5, 0.6) is 0 Å². The highest BCUT2D eigenvalue weighted by atomic mass is 35.5. The van der Waals surface area contributed by atoms with E-state index in [9.17, 15) is 22.8 Å². The van der Waals surface area contributed by atoms with Gasteiger partial charge in [0, 0.05) is 68.3 Å². The Morgan fingerprint density at radius 1 is 1.03 bits per heavy atom. The van der Waals surface area contributed by atoms with Crippen LogP contribution in [0.4, 0.5) is 13.2 Å². The van der Waals surface area contributed by atoms with Gasteiger partial charge in [0.1, 0.15) is 0 Å². The number of hydrogen-bond acceptors (Lipinski definition) is 4. The highest BCUT2D eigenvalue weighted by Gasteiger charge is 2.45. The third-order valence-electron chi connectivity index (χ3n) is 8.58. The number of nitrogens with zero attached hydrogens (tertiary/aromatic N) is 3. The molecule has 206 valence electrons. The summed E-state index contributed by atoms with van der Waals surface area (Å²) in [5.74, 6) is -1.79. The third-order valence-corrected chi connectivity index (χ3v) is 8.83. The van der Waals surface area contributed by atoms with Gasteiger partial charge >= 0.3 is 12.1 Å². The second-order valence-corrected chi connectivity index (χ2v) is 11.5. The first kappa shape index (κ1) is 28.2. The summed E-state index contributed by atoms with van der Waals surface area (Å²) in [5, 5.41) is 2.82. The van der Waals surface area contributed by atoms with Crippen molar-refractivity contribution in [3.8, 4) is 0 Å². The number of piperazine rings is 1. The van der Waals surface area contributed by atoms with Gasteiger partial charge in [0.2, 0.25) is 5.91 Å². The first-order valence-electron chi connectivity index (χ1n) is 13.4. The van der Waals surface area contributed by atoms with Crippen molar-refractivity contribution < 1.29 is 22.8 Å². The molecule has 6 nitrogen and oxygen atoms in total. The van der Waals surface area contributed by atoms with Crippen molar-refractivity contribution in [1.82, 2.24) is 20.0 Å². The number of halogens is 4. The van der Waals surface area contributed by atoms with E-state index in [0.717, 1.165) is 44.2 Å². The smallest absolute Gasteiger partial charge is 0.346 e. The first-order chi connectivity index (χ1) is 17.5. The molecule has 2 atom stereocenters. The monoisotopic (exact) mass is 542 g/mol. The molecule has 1 saturated carbocycles. The van der Waals surface area contributed by atoms with Gasteiger partial charge in [-0.25, -0.2) is 0 Å². The van der Waals surface area contributed by atoms with E-state index >= 15 is 0 Å². The van der Waals surface area contributed by atoms with Crippen molar-refractivity contribution in [2.24, 2.45) is 5.92 Å². The van der Waals surface area contributed by atoms with Crippen LogP contribution in [0.3, 0.4) is 0 Å².